The van der Waals surface area contributed by atoms with Crippen LogP contribution >= 0.6 is 0 Å². The minimum absolute atomic E-state index is 0.242. The van der Waals surface area contributed by atoms with Gasteiger partial charge in [0.1, 0.15) is 17.7 Å². The molecule has 3 amide bonds. The van der Waals surface area contributed by atoms with Gasteiger partial charge in [-0.3, -0.25) is 4.79 Å². The van der Waals surface area contributed by atoms with E-state index in [0.717, 1.165) is 23.0 Å². The van der Waals surface area contributed by atoms with Crippen LogP contribution in [0.15, 0.2) is 48.5 Å². The normalized spacial score (nSPS) is 11.8. The van der Waals surface area contributed by atoms with Gasteiger partial charge < -0.3 is 20.9 Å². The number of para-hydroxylation sites is 2. The molecule has 1 heterocycles. The van der Waals surface area contributed by atoms with Crippen molar-refractivity contribution in [1.82, 2.24) is 25.9 Å². The van der Waals surface area contributed by atoms with Gasteiger partial charge in [0, 0.05) is 6.54 Å². The molecule has 0 aliphatic carbocycles. The van der Waals surface area contributed by atoms with Gasteiger partial charge in [-0.25, -0.2) is 14.2 Å². The fourth-order valence-electron chi connectivity index (χ4n) is 2.93. The van der Waals surface area contributed by atoms with Crippen LogP contribution in [-0.2, 0) is 17.9 Å². The molecule has 7 nitrogen and oxygen atoms in total. The lowest BCUT2D eigenvalue weighted by atomic mass is 10.1. The summed E-state index contributed by atoms with van der Waals surface area (Å²) in [7, 11) is 0. The maximum Gasteiger partial charge on any atom is 0.315 e. The summed E-state index contributed by atoms with van der Waals surface area (Å²) in [5, 5.41) is 8.19. The zero-order chi connectivity index (χ0) is 20.6. The number of rotatable bonds is 8. The van der Waals surface area contributed by atoms with Gasteiger partial charge in [0.05, 0.1) is 17.6 Å². The molecule has 0 radical (unpaired) electrons. The van der Waals surface area contributed by atoms with Crippen LogP contribution in [0, 0.1) is 5.82 Å². The lowest BCUT2D eigenvalue weighted by Gasteiger charge is -2.18. The molecule has 0 saturated heterocycles. The van der Waals surface area contributed by atoms with Gasteiger partial charge in [-0.2, -0.15) is 0 Å². The van der Waals surface area contributed by atoms with Crippen molar-refractivity contribution in [3.63, 3.8) is 0 Å². The summed E-state index contributed by atoms with van der Waals surface area (Å²) in [6.45, 7) is 2.43. The molecule has 0 saturated carbocycles. The van der Waals surface area contributed by atoms with Crippen LogP contribution < -0.4 is 16.0 Å². The molecule has 3 aromatic rings. The van der Waals surface area contributed by atoms with E-state index < -0.39 is 12.1 Å². The summed E-state index contributed by atoms with van der Waals surface area (Å²) >= 11 is 0. The molecule has 152 valence electrons. The Bertz CT molecular complexity index is 938. The number of benzene rings is 2. The lowest BCUT2D eigenvalue weighted by molar-refractivity contribution is -0.123. The Morgan fingerprint density at radius 2 is 1.83 bits per heavy atom. The van der Waals surface area contributed by atoms with E-state index in [2.05, 4.69) is 25.9 Å². The number of imidazole rings is 1. The molecule has 4 N–H and O–H groups in total. The number of fused-ring (bicyclic) bond motifs is 1. The van der Waals surface area contributed by atoms with Crippen molar-refractivity contribution in [1.29, 1.82) is 0 Å². The van der Waals surface area contributed by atoms with E-state index in [1.165, 1.54) is 12.1 Å². The molecule has 1 aromatic heterocycles. The first-order valence-electron chi connectivity index (χ1n) is 9.55. The van der Waals surface area contributed by atoms with Crippen molar-refractivity contribution < 1.29 is 14.0 Å². The number of hydrogen-bond donors (Lipinski definition) is 4. The molecule has 8 heteroatoms. The van der Waals surface area contributed by atoms with E-state index in [0.29, 0.717) is 12.2 Å². The van der Waals surface area contributed by atoms with Gasteiger partial charge in [0.2, 0.25) is 5.91 Å². The summed E-state index contributed by atoms with van der Waals surface area (Å²) in [6.07, 6.45) is 1.25. The lowest BCUT2D eigenvalue weighted by Crippen LogP contribution is -2.49. The first-order chi connectivity index (χ1) is 14.0. The van der Waals surface area contributed by atoms with Gasteiger partial charge in [0.25, 0.3) is 0 Å². The molecule has 1 atom stereocenters. The number of carbonyl (C=O) groups excluding carboxylic acids is 2. The van der Waals surface area contributed by atoms with E-state index in [1.807, 2.05) is 31.2 Å². The zero-order valence-corrected chi connectivity index (χ0v) is 16.2. The highest BCUT2D eigenvalue weighted by atomic mass is 19.1. The molecule has 1 unspecified atom stereocenters. The molecular weight excluding hydrogens is 373 g/mol. The zero-order valence-electron chi connectivity index (χ0n) is 16.2. The predicted molar refractivity (Wildman–Crippen MR) is 108 cm³/mol. The first-order valence-corrected chi connectivity index (χ1v) is 9.55. The van der Waals surface area contributed by atoms with Crippen molar-refractivity contribution in [2.24, 2.45) is 0 Å². The summed E-state index contributed by atoms with van der Waals surface area (Å²) in [5.74, 6) is 0.0436. The minimum atomic E-state index is -0.655. The molecule has 3 rings (SSSR count). The molecule has 0 aliphatic rings. The van der Waals surface area contributed by atoms with Gasteiger partial charge in [-0.1, -0.05) is 37.6 Å². The Balaban J connectivity index is 1.51. The summed E-state index contributed by atoms with van der Waals surface area (Å²) in [4.78, 5) is 32.3. The number of nitrogens with one attached hydrogen (secondary N) is 4. The summed E-state index contributed by atoms with van der Waals surface area (Å²) < 4.78 is 12.9. The van der Waals surface area contributed by atoms with Crippen LogP contribution in [0.4, 0.5) is 9.18 Å². The number of carbonyl (C=O) groups is 2. The number of H-pyrrole nitrogens is 1. The van der Waals surface area contributed by atoms with Gasteiger partial charge in [0.15, 0.2) is 0 Å². The van der Waals surface area contributed by atoms with Gasteiger partial charge >= 0.3 is 6.03 Å². The maximum atomic E-state index is 12.9. The van der Waals surface area contributed by atoms with Crippen LogP contribution in [0.1, 0.15) is 31.2 Å². The molecule has 0 spiro atoms. The number of urea groups is 1. The van der Waals surface area contributed by atoms with Crippen molar-refractivity contribution >= 4 is 23.0 Å². The molecule has 0 aliphatic heterocycles. The highest BCUT2D eigenvalue weighted by Gasteiger charge is 2.20. The average Bonchev–Trinajstić information content (AvgIpc) is 3.14. The van der Waals surface area contributed by atoms with Crippen LogP contribution in [0.5, 0.6) is 0 Å². The molecule has 0 bridgehead atoms. The Hall–Kier alpha value is -3.42. The number of halogens is 1. The molecular formula is C21H24FN5O2. The van der Waals surface area contributed by atoms with Crippen LogP contribution in [-0.4, -0.2) is 27.9 Å². The molecule has 0 fully saturated rings. The second kappa shape index (κ2) is 9.68. The largest absolute Gasteiger partial charge is 0.347 e. The van der Waals surface area contributed by atoms with Crippen molar-refractivity contribution in [2.45, 2.75) is 38.9 Å². The fraction of sp³-hybridized carbons (Fsp3) is 0.286. The second-order valence-electron chi connectivity index (χ2n) is 6.71. The van der Waals surface area contributed by atoms with E-state index in [-0.39, 0.29) is 24.8 Å². The number of aromatic amines is 1. The van der Waals surface area contributed by atoms with Crippen molar-refractivity contribution in [2.75, 3.05) is 0 Å². The SMILES string of the molecule is CCCC(NC(=O)NCc1ccc(F)cc1)C(=O)NCc1nc2ccccc2[nH]1. The van der Waals surface area contributed by atoms with Crippen LogP contribution in [0.25, 0.3) is 11.0 Å². The van der Waals surface area contributed by atoms with Crippen molar-refractivity contribution in [3.05, 3.63) is 65.7 Å². The quantitative estimate of drug-likeness (QED) is 0.470. The smallest absolute Gasteiger partial charge is 0.315 e. The number of amides is 3. The fourth-order valence-corrected chi connectivity index (χ4v) is 2.93. The second-order valence-corrected chi connectivity index (χ2v) is 6.71. The molecule has 29 heavy (non-hydrogen) atoms. The van der Waals surface area contributed by atoms with Crippen LogP contribution in [0.2, 0.25) is 0 Å². The topological polar surface area (TPSA) is 98.9 Å². The Morgan fingerprint density at radius 3 is 2.55 bits per heavy atom. The average molecular weight is 397 g/mol. The number of aromatic nitrogens is 2. The Labute approximate surface area is 168 Å². The van der Waals surface area contributed by atoms with E-state index in [9.17, 15) is 14.0 Å². The number of nitrogens with zero attached hydrogens (tertiary/aromatic N) is 1. The predicted octanol–water partition coefficient (Wildman–Crippen LogP) is 2.99. The molecule has 2 aromatic carbocycles. The van der Waals surface area contributed by atoms with Crippen LogP contribution in [0.3, 0.4) is 0 Å². The van der Waals surface area contributed by atoms with E-state index >= 15 is 0 Å². The van der Waals surface area contributed by atoms with Gasteiger partial charge in [-0.15, -0.1) is 0 Å². The highest BCUT2D eigenvalue weighted by molar-refractivity contribution is 5.87. The third-order valence-corrected chi connectivity index (χ3v) is 4.43. The Morgan fingerprint density at radius 1 is 1.07 bits per heavy atom. The summed E-state index contributed by atoms with van der Waals surface area (Å²) in [5.41, 5.74) is 2.50. The minimum Gasteiger partial charge on any atom is -0.347 e. The van der Waals surface area contributed by atoms with Gasteiger partial charge in [-0.05, 0) is 36.2 Å². The summed E-state index contributed by atoms with van der Waals surface area (Å²) in [6, 6.07) is 12.4. The Kier molecular flexibility index (Phi) is 6.78. The third-order valence-electron chi connectivity index (χ3n) is 4.43. The third kappa shape index (κ3) is 5.78. The maximum absolute atomic E-state index is 12.9. The monoisotopic (exact) mass is 397 g/mol. The highest BCUT2D eigenvalue weighted by Crippen LogP contribution is 2.10. The van der Waals surface area contributed by atoms with E-state index in [1.54, 1.807) is 12.1 Å². The number of hydrogen-bond acceptors (Lipinski definition) is 3. The first kappa shape index (κ1) is 20.3. The standard InChI is InChI=1S/C21H24FN5O2/c1-2-5-18(27-21(29)24-12-14-8-10-15(22)11-9-14)20(28)23-13-19-25-16-6-3-4-7-17(16)26-19/h3-4,6-11,18H,2,5,12-13H2,1H3,(H,23,28)(H,25,26)(H2,24,27,29). The van der Waals surface area contributed by atoms with Crippen molar-refractivity contribution in [3.8, 4) is 0 Å². The van der Waals surface area contributed by atoms with E-state index in [4.69, 9.17) is 0 Å².